The highest BCUT2D eigenvalue weighted by Crippen LogP contribution is 2.41. The number of halogens is 2. The summed E-state index contributed by atoms with van der Waals surface area (Å²) in [6.45, 7) is 1.63. The van der Waals surface area contributed by atoms with Crippen LogP contribution in [0.5, 0.6) is 0 Å². The number of rotatable bonds is 5. The molecule has 1 saturated heterocycles. The number of benzene rings is 1. The molecular formula is C22H20Cl2N2O4S. The Balaban J connectivity index is 1.70. The number of ketones is 1. The fourth-order valence-electron chi connectivity index (χ4n) is 4.27. The number of imide groups is 1. The van der Waals surface area contributed by atoms with Gasteiger partial charge in [0.05, 0.1) is 26.8 Å². The fourth-order valence-corrected chi connectivity index (χ4v) is 5.23. The van der Waals surface area contributed by atoms with Gasteiger partial charge in [-0.2, -0.15) is 5.01 Å². The zero-order chi connectivity index (χ0) is 22.3. The molecule has 0 N–H and O–H groups in total. The molecule has 1 aromatic carbocycles. The van der Waals surface area contributed by atoms with Crippen molar-refractivity contribution in [2.75, 3.05) is 6.54 Å². The van der Waals surface area contributed by atoms with Crippen molar-refractivity contribution in [3.63, 3.8) is 0 Å². The standard InChI is InChI=1S/C22H20Cl2N2O4S/c1-12-4-6-14-15(9-12)22(30)26(21(14)29)25(11-18(27)19-3-2-8-31-19)20(28)13-5-7-16(23)17(24)10-13/h2-3,5,7-8,10,12,14-15H,4,6,9,11H2,1H3/t12-,14+,15-/m1/s1. The number of hydrazine groups is 1. The predicted octanol–water partition coefficient (Wildman–Crippen LogP) is 4.72. The van der Waals surface area contributed by atoms with Crippen molar-refractivity contribution in [3.8, 4) is 0 Å². The lowest BCUT2D eigenvalue weighted by Gasteiger charge is -2.30. The first kappa shape index (κ1) is 22.0. The van der Waals surface area contributed by atoms with Crippen molar-refractivity contribution in [3.05, 3.63) is 56.2 Å². The molecule has 1 aromatic heterocycles. The third-order valence-electron chi connectivity index (χ3n) is 5.90. The van der Waals surface area contributed by atoms with Gasteiger partial charge < -0.3 is 0 Å². The molecule has 1 aliphatic carbocycles. The fraction of sp³-hybridized carbons (Fsp3) is 0.364. The summed E-state index contributed by atoms with van der Waals surface area (Å²) in [4.78, 5) is 53.1. The van der Waals surface area contributed by atoms with Crippen LogP contribution >= 0.6 is 34.5 Å². The van der Waals surface area contributed by atoms with E-state index >= 15 is 0 Å². The van der Waals surface area contributed by atoms with E-state index in [0.717, 1.165) is 16.4 Å². The molecule has 3 atom stereocenters. The predicted molar refractivity (Wildman–Crippen MR) is 118 cm³/mol. The van der Waals surface area contributed by atoms with Crippen molar-refractivity contribution >= 4 is 58.0 Å². The lowest BCUT2D eigenvalue weighted by atomic mass is 9.76. The van der Waals surface area contributed by atoms with Crippen LogP contribution in [0.3, 0.4) is 0 Å². The number of amides is 3. The van der Waals surface area contributed by atoms with E-state index in [1.807, 2.05) is 0 Å². The molecule has 2 aliphatic rings. The first-order valence-corrected chi connectivity index (χ1v) is 11.6. The molecule has 0 spiro atoms. The van der Waals surface area contributed by atoms with E-state index in [1.165, 1.54) is 29.5 Å². The van der Waals surface area contributed by atoms with E-state index in [-0.39, 0.29) is 21.4 Å². The zero-order valence-electron chi connectivity index (χ0n) is 16.7. The molecule has 6 nitrogen and oxygen atoms in total. The number of carbonyl (C=O) groups excluding carboxylic acids is 4. The quantitative estimate of drug-likeness (QED) is 0.460. The van der Waals surface area contributed by atoms with Gasteiger partial charge in [0.25, 0.3) is 17.7 Å². The second kappa shape index (κ2) is 8.73. The van der Waals surface area contributed by atoms with Crippen LogP contribution in [-0.2, 0) is 9.59 Å². The number of fused-ring (bicyclic) bond motifs is 1. The van der Waals surface area contributed by atoms with Crippen LogP contribution in [0.15, 0.2) is 35.7 Å². The van der Waals surface area contributed by atoms with Gasteiger partial charge in [-0.15, -0.1) is 11.3 Å². The van der Waals surface area contributed by atoms with Gasteiger partial charge in [-0.05, 0) is 54.8 Å². The third-order valence-corrected chi connectivity index (χ3v) is 7.55. The van der Waals surface area contributed by atoms with Gasteiger partial charge in [-0.3, -0.25) is 19.2 Å². The molecule has 2 aromatic rings. The van der Waals surface area contributed by atoms with Gasteiger partial charge in [0.1, 0.15) is 6.54 Å². The minimum atomic E-state index is -0.656. The van der Waals surface area contributed by atoms with E-state index in [9.17, 15) is 19.2 Å². The van der Waals surface area contributed by atoms with E-state index in [1.54, 1.807) is 17.5 Å². The molecule has 2 heterocycles. The molecule has 0 unspecified atom stereocenters. The molecule has 9 heteroatoms. The minimum absolute atomic E-state index is 0.136. The topological polar surface area (TPSA) is 74.8 Å². The molecule has 1 aliphatic heterocycles. The Morgan fingerprint density at radius 3 is 2.52 bits per heavy atom. The normalized spacial score (nSPS) is 23.1. The number of hydrogen-bond donors (Lipinski definition) is 0. The Morgan fingerprint density at radius 1 is 1.10 bits per heavy atom. The lowest BCUT2D eigenvalue weighted by Crippen LogP contribution is -2.52. The molecule has 0 radical (unpaired) electrons. The molecule has 1 saturated carbocycles. The van der Waals surface area contributed by atoms with Crippen LogP contribution in [0.25, 0.3) is 0 Å². The van der Waals surface area contributed by atoms with Crippen LogP contribution in [0.4, 0.5) is 0 Å². The molecule has 2 fully saturated rings. The molecular weight excluding hydrogens is 459 g/mol. The Labute approximate surface area is 193 Å². The average Bonchev–Trinajstić information content (AvgIpc) is 3.36. The summed E-state index contributed by atoms with van der Waals surface area (Å²) in [6, 6.07) is 7.66. The van der Waals surface area contributed by atoms with Crippen LogP contribution in [-0.4, -0.2) is 40.1 Å². The highest BCUT2D eigenvalue weighted by Gasteiger charge is 2.52. The summed E-state index contributed by atoms with van der Waals surface area (Å²) in [5, 5.41) is 4.05. The maximum absolute atomic E-state index is 13.4. The second-order valence-corrected chi connectivity index (χ2v) is 9.77. The van der Waals surface area contributed by atoms with Gasteiger partial charge in [-0.25, -0.2) is 5.01 Å². The summed E-state index contributed by atoms with van der Waals surface area (Å²) in [6.07, 6.45) is 2.04. The van der Waals surface area contributed by atoms with E-state index in [0.29, 0.717) is 23.6 Å². The number of hydrogen-bond acceptors (Lipinski definition) is 5. The number of carbonyl (C=O) groups is 4. The second-order valence-electron chi connectivity index (χ2n) is 8.01. The summed E-state index contributed by atoms with van der Waals surface area (Å²) < 4.78 is 0. The van der Waals surface area contributed by atoms with Gasteiger partial charge >= 0.3 is 0 Å². The van der Waals surface area contributed by atoms with Crippen LogP contribution in [0.1, 0.15) is 46.2 Å². The number of thiophene rings is 1. The summed E-state index contributed by atoms with van der Waals surface area (Å²) in [5.41, 5.74) is 0.136. The van der Waals surface area contributed by atoms with E-state index < -0.39 is 36.1 Å². The Bertz CT molecular complexity index is 1060. The van der Waals surface area contributed by atoms with Crippen molar-refractivity contribution in [1.82, 2.24) is 10.0 Å². The van der Waals surface area contributed by atoms with Gasteiger partial charge in [0, 0.05) is 5.56 Å². The maximum Gasteiger partial charge on any atom is 0.273 e. The molecule has 3 amide bonds. The molecule has 4 rings (SSSR count). The monoisotopic (exact) mass is 478 g/mol. The summed E-state index contributed by atoms with van der Waals surface area (Å²) in [7, 11) is 0. The van der Waals surface area contributed by atoms with E-state index in [2.05, 4.69) is 6.92 Å². The van der Waals surface area contributed by atoms with Crippen molar-refractivity contribution in [2.24, 2.45) is 17.8 Å². The van der Waals surface area contributed by atoms with Gasteiger partial charge in [0.15, 0.2) is 5.78 Å². The summed E-state index contributed by atoms with van der Waals surface area (Å²) >= 11 is 13.3. The van der Waals surface area contributed by atoms with Crippen LogP contribution in [0, 0.1) is 17.8 Å². The van der Waals surface area contributed by atoms with Crippen LogP contribution < -0.4 is 0 Å². The Hall–Kier alpha value is -2.22. The lowest BCUT2D eigenvalue weighted by molar-refractivity contribution is -0.154. The SMILES string of the molecule is C[C@@H]1CC[C@@H]2C(=O)N(N(CC(=O)c3cccs3)C(=O)c3ccc(Cl)c(Cl)c3)C(=O)[C@@H]2C1. The van der Waals surface area contributed by atoms with Crippen molar-refractivity contribution in [2.45, 2.75) is 26.2 Å². The third kappa shape index (κ3) is 4.14. The smallest absolute Gasteiger partial charge is 0.273 e. The first-order valence-electron chi connectivity index (χ1n) is 9.99. The van der Waals surface area contributed by atoms with Crippen molar-refractivity contribution < 1.29 is 19.2 Å². The molecule has 162 valence electrons. The van der Waals surface area contributed by atoms with Crippen LogP contribution in [0.2, 0.25) is 10.0 Å². The highest BCUT2D eigenvalue weighted by molar-refractivity contribution is 7.12. The van der Waals surface area contributed by atoms with Gasteiger partial charge in [0.2, 0.25) is 0 Å². The van der Waals surface area contributed by atoms with Crippen molar-refractivity contribution in [1.29, 1.82) is 0 Å². The van der Waals surface area contributed by atoms with Gasteiger partial charge in [-0.1, -0.05) is 36.2 Å². The van der Waals surface area contributed by atoms with E-state index in [4.69, 9.17) is 23.2 Å². The molecule has 31 heavy (non-hydrogen) atoms. The molecule has 0 bridgehead atoms. The number of nitrogens with zero attached hydrogens (tertiary/aromatic N) is 2. The Morgan fingerprint density at radius 2 is 1.84 bits per heavy atom. The first-order chi connectivity index (χ1) is 14.8. The Kier molecular flexibility index (Phi) is 6.19. The number of Topliss-reactive ketones (excluding diaryl/α,β-unsaturated/α-hetero) is 1. The maximum atomic E-state index is 13.4. The summed E-state index contributed by atoms with van der Waals surface area (Å²) in [5.74, 6) is -2.45. The largest absolute Gasteiger partial charge is 0.291 e. The highest BCUT2D eigenvalue weighted by atomic mass is 35.5. The average molecular weight is 479 g/mol. The zero-order valence-corrected chi connectivity index (χ0v) is 19.0. The minimum Gasteiger partial charge on any atom is -0.291 e.